The van der Waals surface area contributed by atoms with Crippen molar-refractivity contribution in [3.63, 3.8) is 0 Å². The molecule has 0 unspecified atom stereocenters. The SMILES string of the molecule is COC(=O)c1c(C(F)(F)F)c[nH]c(=O)c1OC(F)(F)F. The lowest BCUT2D eigenvalue weighted by molar-refractivity contribution is -0.275. The molecule has 5 nitrogen and oxygen atoms in total. The van der Waals surface area contributed by atoms with Crippen LogP contribution >= 0.6 is 0 Å². The van der Waals surface area contributed by atoms with Crippen LogP contribution in [0.5, 0.6) is 5.75 Å². The van der Waals surface area contributed by atoms with Gasteiger partial charge in [0.1, 0.15) is 5.56 Å². The number of esters is 1. The maximum absolute atomic E-state index is 12.6. The monoisotopic (exact) mass is 305 g/mol. The number of hydrogen-bond donors (Lipinski definition) is 1. The molecule has 1 aromatic rings. The maximum Gasteiger partial charge on any atom is 0.573 e. The summed E-state index contributed by atoms with van der Waals surface area (Å²) in [5.41, 5.74) is -5.13. The molecular formula is C9H5F6NO4. The van der Waals surface area contributed by atoms with Gasteiger partial charge in [0.15, 0.2) is 0 Å². The van der Waals surface area contributed by atoms with Gasteiger partial charge in [-0.2, -0.15) is 13.2 Å². The van der Waals surface area contributed by atoms with Crippen LogP contribution in [-0.4, -0.2) is 24.4 Å². The number of H-pyrrole nitrogens is 1. The maximum atomic E-state index is 12.6. The molecule has 0 aromatic carbocycles. The molecule has 11 heteroatoms. The molecule has 0 saturated carbocycles. The van der Waals surface area contributed by atoms with E-state index in [0.717, 1.165) is 0 Å². The van der Waals surface area contributed by atoms with E-state index in [2.05, 4.69) is 9.47 Å². The topological polar surface area (TPSA) is 68.4 Å². The first-order chi connectivity index (χ1) is 8.97. The molecule has 0 aliphatic carbocycles. The highest BCUT2D eigenvalue weighted by atomic mass is 19.4. The first-order valence-corrected chi connectivity index (χ1v) is 4.64. The van der Waals surface area contributed by atoms with Crippen molar-refractivity contribution in [2.24, 2.45) is 0 Å². The van der Waals surface area contributed by atoms with Crippen molar-refractivity contribution in [3.05, 3.63) is 27.7 Å². The Morgan fingerprint density at radius 2 is 1.75 bits per heavy atom. The quantitative estimate of drug-likeness (QED) is 0.671. The van der Waals surface area contributed by atoms with Gasteiger partial charge in [0.2, 0.25) is 5.75 Å². The molecule has 20 heavy (non-hydrogen) atoms. The summed E-state index contributed by atoms with van der Waals surface area (Å²) in [7, 11) is 0.640. The van der Waals surface area contributed by atoms with Crippen molar-refractivity contribution in [1.29, 1.82) is 0 Å². The number of alkyl halides is 6. The Labute approximate surface area is 106 Å². The molecule has 0 radical (unpaired) electrons. The second-order valence-electron chi connectivity index (χ2n) is 3.27. The van der Waals surface area contributed by atoms with E-state index in [9.17, 15) is 35.9 Å². The van der Waals surface area contributed by atoms with Gasteiger partial charge < -0.3 is 14.5 Å². The zero-order valence-corrected chi connectivity index (χ0v) is 9.48. The van der Waals surface area contributed by atoms with Crippen LogP contribution in [0.1, 0.15) is 15.9 Å². The molecule has 0 atom stereocenters. The summed E-state index contributed by atoms with van der Waals surface area (Å²) in [6.07, 6.45) is -10.6. The second kappa shape index (κ2) is 5.06. The van der Waals surface area contributed by atoms with Crippen molar-refractivity contribution >= 4 is 5.97 Å². The number of pyridine rings is 1. The van der Waals surface area contributed by atoms with Crippen LogP contribution < -0.4 is 10.3 Å². The fourth-order valence-electron chi connectivity index (χ4n) is 1.25. The van der Waals surface area contributed by atoms with E-state index in [0.29, 0.717) is 7.11 Å². The van der Waals surface area contributed by atoms with Gasteiger partial charge >= 0.3 is 18.5 Å². The first-order valence-electron chi connectivity index (χ1n) is 4.64. The number of rotatable bonds is 2. The summed E-state index contributed by atoms with van der Waals surface area (Å²) in [5, 5.41) is 0. The molecule has 1 heterocycles. The highest BCUT2D eigenvalue weighted by Crippen LogP contribution is 2.35. The minimum absolute atomic E-state index is 0.0534. The van der Waals surface area contributed by atoms with Crippen LogP contribution in [0.25, 0.3) is 0 Å². The van der Waals surface area contributed by atoms with Gasteiger partial charge in [-0.1, -0.05) is 0 Å². The number of carbonyl (C=O) groups excluding carboxylic acids is 1. The molecular weight excluding hydrogens is 300 g/mol. The van der Waals surface area contributed by atoms with E-state index in [1.165, 1.54) is 4.98 Å². The van der Waals surface area contributed by atoms with E-state index in [-0.39, 0.29) is 6.20 Å². The summed E-state index contributed by atoms with van der Waals surface area (Å²) in [4.78, 5) is 23.8. The average Bonchev–Trinajstić information content (AvgIpc) is 2.27. The van der Waals surface area contributed by atoms with Crippen LogP contribution in [0.15, 0.2) is 11.0 Å². The van der Waals surface area contributed by atoms with E-state index in [1.54, 1.807) is 0 Å². The summed E-state index contributed by atoms with van der Waals surface area (Å²) in [6, 6.07) is 0. The Morgan fingerprint density at radius 1 is 1.20 bits per heavy atom. The first kappa shape index (κ1) is 15.9. The van der Waals surface area contributed by atoms with E-state index < -0.39 is 40.9 Å². The summed E-state index contributed by atoms with van der Waals surface area (Å²) < 4.78 is 81.3. The average molecular weight is 305 g/mol. The highest BCUT2D eigenvalue weighted by molar-refractivity contribution is 5.94. The predicted octanol–water partition coefficient (Wildman–Crippen LogP) is 2.08. The lowest BCUT2D eigenvalue weighted by Crippen LogP contribution is -2.28. The Hall–Kier alpha value is -2.20. The highest BCUT2D eigenvalue weighted by Gasteiger charge is 2.42. The van der Waals surface area contributed by atoms with E-state index >= 15 is 0 Å². The molecule has 1 rings (SSSR count). The third kappa shape index (κ3) is 3.42. The zero-order valence-electron chi connectivity index (χ0n) is 9.48. The number of carbonyl (C=O) groups is 1. The van der Waals surface area contributed by atoms with Gasteiger partial charge in [-0.3, -0.25) is 4.79 Å². The van der Waals surface area contributed by atoms with Crippen LogP contribution in [0.2, 0.25) is 0 Å². The fraction of sp³-hybridized carbons (Fsp3) is 0.333. The number of ether oxygens (including phenoxy) is 2. The van der Waals surface area contributed by atoms with Gasteiger partial charge in [-0.05, 0) is 0 Å². The number of methoxy groups -OCH3 is 1. The standard InChI is InChI=1S/C9H5F6NO4/c1-19-7(18)4-3(8(10,11)12)2-16-6(17)5(4)20-9(13,14)15/h2H,1H3,(H,16,17). The molecule has 0 fully saturated rings. The second-order valence-corrected chi connectivity index (χ2v) is 3.27. The van der Waals surface area contributed by atoms with E-state index in [4.69, 9.17) is 0 Å². The van der Waals surface area contributed by atoms with Crippen LogP contribution in [0, 0.1) is 0 Å². The normalized spacial score (nSPS) is 12.2. The van der Waals surface area contributed by atoms with Gasteiger partial charge in [0.05, 0.1) is 12.7 Å². The molecule has 1 N–H and O–H groups in total. The summed E-state index contributed by atoms with van der Waals surface area (Å²) >= 11 is 0. The molecule has 0 aliphatic heterocycles. The van der Waals surface area contributed by atoms with Crippen molar-refractivity contribution in [1.82, 2.24) is 4.98 Å². The third-order valence-corrected chi connectivity index (χ3v) is 1.96. The molecule has 0 bridgehead atoms. The number of aromatic amines is 1. The minimum atomic E-state index is -5.46. The Morgan fingerprint density at radius 3 is 2.15 bits per heavy atom. The van der Waals surface area contributed by atoms with Crippen LogP contribution in [0.4, 0.5) is 26.3 Å². The number of nitrogens with one attached hydrogen (secondary N) is 1. The van der Waals surface area contributed by atoms with E-state index in [1.807, 2.05) is 0 Å². The van der Waals surface area contributed by atoms with Crippen molar-refractivity contribution < 1.29 is 40.6 Å². The fourth-order valence-corrected chi connectivity index (χ4v) is 1.25. The van der Waals surface area contributed by atoms with Gasteiger partial charge in [0, 0.05) is 6.20 Å². The lowest BCUT2D eigenvalue weighted by Gasteiger charge is -2.15. The molecule has 0 spiro atoms. The molecule has 1 aromatic heterocycles. The Kier molecular flexibility index (Phi) is 4.01. The molecule has 0 saturated heterocycles. The van der Waals surface area contributed by atoms with Crippen LogP contribution in [0.3, 0.4) is 0 Å². The van der Waals surface area contributed by atoms with Crippen molar-refractivity contribution in [2.45, 2.75) is 12.5 Å². The zero-order chi connectivity index (χ0) is 15.7. The predicted molar refractivity (Wildman–Crippen MR) is 50.1 cm³/mol. The van der Waals surface area contributed by atoms with Crippen molar-refractivity contribution in [3.8, 4) is 5.75 Å². The van der Waals surface area contributed by atoms with Gasteiger partial charge in [-0.15, -0.1) is 13.2 Å². The largest absolute Gasteiger partial charge is 0.573 e. The molecule has 0 amide bonds. The Bertz CT molecular complexity index is 573. The molecule has 112 valence electrons. The third-order valence-electron chi connectivity index (χ3n) is 1.96. The lowest BCUT2D eigenvalue weighted by atomic mass is 10.1. The summed E-state index contributed by atoms with van der Waals surface area (Å²) in [6.45, 7) is 0. The van der Waals surface area contributed by atoms with Gasteiger partial charge in [-0.25, -0.2) is 4.79 Å². The minimum Gasteiger partial charge on any atom is -0.465 e. The smallest absolute Gasteiger partial charge is 0.465 e. The number of hydrogen-bond acceptors (Lipinski definition) is 4. The van der Waals surface area contributed by atoms with Crippen LogP contribution in [-0.2, 0) is 10.9 Å². The number of halogens is 6. The van der Waals surface area contributed by atoms with Crippen molar-refractivity contribution in [2.75, 3.05) is 7.11 Å². The summed E-state index contributed by atoms with van der Waals surface area (Å²) in [5.74, 6) is -3.62. The Balaban J connectivity index is 3.64. The molecule has 0 aliphatic rings. The number of aromatic nitrogens is 1. The van der Waals surface area contributed by atoms with Gasteiger partial charge in [0.25, 0.3) is 5.56 Å².